The Labute approximate surface area is 90.4 Å². The molecule has 0 unspecified atom stereocenters. The summed E-state index contributed by atoms with van der Waals surface area (Å²) in [4.78, 5) is 23.8. The minimum absolute atomic E-state index is 0.0586. The topological polar surface area (TPSA) is 109 Å². The lowest BCUT2D eigenvalue weighted by Crippen LogP contribution is -2.17. The second-order valence-electron chi connectivity index (χ2n) is 3.08. The molecule has 1 aromatic rings. The molecule has 0 fully saturated rings. The van der Waals surface area contributed by atoms with Crippen molar-refractivity contribution in [3.8, 4) is 6.07 Å². The first-order chi connectivity index (χ1) is 7.52. The number of hydrogen-bond acceptors (Lipinski definition) is 5. The van der Waals surface area contributed by atoms with Gasteiger partial charge in [0.1, 0.15) is 17.3 Å². The molecule has 16 heavy (non-hydrogen) atoms. The van der Waals surface area contributed by atoms with Crippen molar-refractivity contribution in [2.45, 2.75) is 13.5 Å². The highest BCUT2D eigenvalue weighted by Gasteiger charge is 2.23. The Morgan fingerprint density at radius 2 is 2.25 bits per heavy atom. The summed E-state index contributed by atoms with van der Waals surface area (Å²) >= 11 is 0. The van der Waals surface area contributed by atoms with Crippen LogP contribution >= 0.6 is 0 Å². The zero-order valence-corrected chi connectivity index (χ0v) is 8.73. The normalized spacial score (nSPS) is 9.81. The maximum Gasteiger partial charge on any atom is 0.295 e. The van der Waals surface area contributed by atoms with E-state index in [9.17, 15) is 14.9 Å². The zero-order chi connectivity index (χ0) is 12.3. The van der Waals surface area contributed by atoms with Crippen molar-refractivity contribution in [3.63, 3.8) is 0 Å². The molecule has 0 spiro atoms. The Morgan fingerprint density at radius 1 is 1.62 bits per heavy atom. The van der Waals surface area contributed by atoms with Crippen LogP contribution in [0.1, 0.15) is 16.8 Å². The lowest BCUT2D eigenvalue weighted by atomic mass is 10.1. The van der Waals surface area contributed by atoms with Gasteiger partial charge in [0, 0.05) is 7.11 Å². The van der Waals surface area contributed by atoms with Gasteiger partial charge in [-0.1, -0.05) is 0 Å². The van der Waals surface area contributed by atoms with Crippen LogP contribution in [-0.2, 0) is 11.3 Å². The first-order valence-electron chi connectivity index (χ1n) is 4.32. The summed E-state index contributed by atoms with van der Waals surface area (Å²) in [5, 5.41) is 19.5. The van der Waals surface area contributed by atoms with Crippen molar-refractivity contribution in [3.05, 3.63) is 37.3 Å². The molecule has 0 saturated heterocycles. The van der Waals surface area contributed by atoms with E-state index >= 15 is 0 Å². The fraction of sp³-hybridized carbons (Fsp3) is 0.333. The molecule has 7 heteroatoms. The van der Waals surface area contributed by atoms with Crippen LogP contribution in [0.5, 0.6) is 0 Å². The Balaban J connectivity index is 3.60. The van der Waals surface area contributed by atoms with Gasteiger partial charge < -0.3 is 9.72 Å². The molecular formula is C9H9N3O4. The van der Waals surface area contributed by atoms with Gasteiger partial charge in [0.2, 0.25) is 0 Å². The summed E-state index contributed by atoms with van der Waals surface area (Å²) in [5.41, 5.74) is -1.04. The molecular weight excluding hydrogens is 214 g/mol. The summed E-state index contributed by atoms with van der Waals surface area (Å²) in [5.74, 6) is 0. The van der Waals surface area contributed by atoms with Gasteiger partial charge >= 0.3 is 0 Å². The molecule has 0 aromatic carbocycles. The minimum atomic E-state index is -0.641. The number of aromatic amines is 1. The number of nitrogens with zero attached hydrogens (tertiary/aromatic N) is 2. The van der Waals surface area contributed by atoms with Crippen LogP contribution in [0.25, 0.3) is 0 Å². The third kappa shape index (κ3) is 1.92. The van der Waals surface area contributed by atoms with Gasteiger partial charge in [-0.15, -0.1) is 0 Å². The fourth-order valence-electron chi connectivity index (χ4n) is 1.40. The van der Waals surface area contributed by atoms with E-state index in [1.54, 1.807) is 6.07 Å². The molecule has 7 nitrogen and oxygen atoms in total. The molecule has 0 aliphatic rings. The summed E-state index contributed by atoms with van der Waals surface area (Å²) in [6, 6.07) is 1.64. The highest BCUT2D eigenvalue weighted by atomic mass is 16.6. The summed E-state index contributed by atoms with van der Waals surface area (Å²) in [6.45, 7) is 1.28. The van der Waals surface area contributed by atoms with Gasteiger partial charge in [-0.05, 0) is 6.92 Å². The molecule has 0 radical (unpaired) electrons. The van der Waals surface area contributed by atoms with Crippen LogP contribution < -0.4 is 5.56 Å². The minimum Gasteiger partial charge on any atom is -0.378 e. The lowest BCUT2D eigenvalue weighted by Gasteiger charge is -2.05. The number of H-pyrrole nitrogens is 1. The number of methoxy groups -OCH3 is 1. The first-order valence-corrected chi connectivity index (χ1v) is 4.32. The van der Waals surface area contributed by atoms with E-state index in [1.165, 1.54) is 14.0 Å². The molecule has 0 atom stereocenters. The van der Waals surface area contributed by atoms with Crippen LogP contribution in [-0.4, -0.2) is 17.0 Å². The van der Waals surface area contributed by atoms with Crippen LogP contribution in [0.2, 0.25) is 0 Å². The number of nitrogens with one attached hydrogen (secondary N) is 1. The van der Waals surface area contributed by atoms with E-state index in [0.29, 0.717) is 0 Å². The first kappa shape index (κ1) is 11.9. The van der Waals surface area contributed by atoms with Crippen molar-refractivity contribution < 1.29 is 9.66 Å². The Bertz CT molecular complexity index is 527. The summed E-state index contributed by atoms with van der Waals surface area (Å²) in [6.07, 6.45) is 0. The molecule has 1 rings (SSSR count). The second-order valence-corrected chi connectivity index (χ2v) is 3.08. The third-order valence-electron chi connectivity index (χ3n) is 2.09. The highest BCUT2D eigenvalue weighted by Crippen LogP contribution is 2.22. The van der Waals surface area contributed by atoms with Crippen LogP contribution in [0.3, 0.4) is 0 Å². The molecule has 1 N–H and O–H groups in total. The van der Waals surface area contributed by atoms with Gasteiger partial charge in [-0.25, -0.2) is 0 Å². The molecule has 1 heterocycles. The van der Waals surface area contributed by atoms with Gasteiger partial charge in [0.15, 0.2) is 0 Å². The molecule has 0 aliphatic heterocycles. The second kappa shape index (κ2) is 4.55. The quantitative estimate of drug-likeness (QED) is 0.596. The van der Waals surface area contributed by atoms with Gasteiger partial charge in [0.25, 0.3) is 11.2 Å². The number of pyridine rings is 1. The molecule has 0 aliphatic carbocycles. The predicted octanol–water partition coefficient (Wildman–Crippen LogP) is 0.610. The lowest BCUT2D eigenvalue weighted by molar-refractivity contribution is -0.386. The third-order valence-corrected chi connectivity index (χ3v) is 2.09. The standard InChI is InChI=1S/C9H9N3O4/c1-5-6(3-10)9(13)11-7(4-16-2)8(5)12(14)15/h4H2,1-2H3,(H,11,13). The number of nitro groups is 1. The van der Waals surface area contributed by atoms with Gasteiger partial charge in [0.05, 0.1) is 17.1 Å². The molecule has 0 saturated carbocycles. The fourth-order valence-corrected chi connectivity index (χ4v) is 1.40. The van der Waals surface area contributed by atoms with Crippen LogP contribution in [0.4, 0.5) is 5.69 Å². The highest BCUT2D eigenvalue weighted by molar-refractivity contribution is 5.51. The van der Waals surface area contributed by atoms with Crippen molar-refractivity contribution in [1.82, 2.24) is 4.98 Å². The van der Waals surface area contributed by atoms with Crippen LogP contribution in [0.15, 0.2) is 4.79 Å². The monoisotopic (exact) mass is 223 g/mol. The van der Waals surface area contributed by atoms with E-state index < -0.39 is 10.5 Å². The molecule has 0 bridgehead atoms. The van der Waals surface area contributed by atoms with Gasteiger partial charge in [-0.3, -0.25) is 14.9 Å². The summed E-state index contributed by atoms with van der Waals surface area (Å²) < 4.78 is 4.74. The average molecular weight is 223 g/mol. The molecule has 84 valence electrons. The molecule has 0 amide bonds. The Morgan fingerprint density at radius 3 is 2.69 bits per heavy atom. The number of rotatable bonds is 3. The largest absolute Gasteiger partial charge is 0.378 e. The van der Waals surface area contributed by atoms with E-state index in [2.05, 4.69) is 4.98 Å². The van der Waals surface area contributed by atoms with Crippen molar-refractivity contribution in [2.75, 3.05) is 7.11 Å². The van der Waals surface area contributed by atoms with Crippen LogP contribution in [0, 0.1) is 28.4 Å². The van der Waals surface area contributed by atoms with Crippen molar-refractivity contribution in [1.29, 1.82) is 5.26 Å². The Hall–Kier alpha value is -2.20. The zero-order valence-electron chi connectivity index (χ0n) is 8.73. The Kier molecular flexibility index (Phi) is 3.37. The van der Waals surface area contributed by atoms with E-state index in [0.717, 1.165) is 0 Å². The smallest absolute Gasteiger partial charge is 0.295 e. The predicted molar refractivity (Wildman–Crippen MR) is 53.9 cm³/mol. The molecule has 1 aromatic heterocycles. The maximum absolute atomic E-state index is 11.4. The number of hydrogen-bond donors (Lipinski definition) is 1. The SMILES string of the molecule is COCc1[nH]c(=O)c(C#N)c(C)c1[N+](=O)[O-]. The van der Waals surface area contributed by atoms with E-state index in [1.807, 2.05) is 0 Å². The van der Waals surface area contributed by atoms with Crippen molar-refractivity contribution >= 4 is 5.69 Å². The van der Waals surface area contributed by atoms with E-state index in [4.69, 9.17) is 10.00 Å². The summed E-state index contributed by atoms with van der Waals surface area (Å²) in [7, 11) is 1.36. The number of aromatic nitrogens is 1. The number of ether oxygens (including phenoxy) is 1. The van der Waals surface area contributed by atoms with Crippen molar-refractivity contribution in [2.24, 2.45) is 0 Å². The van der Waals surface area contributed by atoms with E-state index in [-0.39, 0.29) is 29.1 Å². The maximum atomic E-state index is 11.4. The van der Waals surface area contributed by atoms with Gasteiger partial charge in [-0.2, -0.15) is 5.26 Å². The number of nitriles is 1. The average Bonchev–Trinajstić information content (AvgIpc) is 2.17.